The standard InChI is InChI=1S/C16H18N2O3S/c1-11-10-22-14(17-11)9-5-8-13(19)18-15(16(20)21)12-6-3-2-4-7-12/h2-4,6-7,10,15H,5,8-9H2,1H3,(H,18,19)(H,20,21)/t15-/m0/s1. The van der Waals surface area contributed by atoms with Gasteiger partial charge < -0.3 is 10.4 Å². The summed E-state index contributed by atoms with van der Waals surface area (Å²) in [5, 5.41) is 14.8. The number of aromatic nitrogens is 1. The first-order valence-corrected chi connectivity index (χ1v) is 7.92. The van der Waals surface area contributed by atoms with Crippen molar-refractivity contribution in [3.63, 3.8) is 0 Å². The summed E-state index contributed by atoms with van der Waals surface area (Å²) in [5.41, 5.74) is 1.55. The van der Waals surface area contributed by atoms with Crippen molar-refractivity contribution < 1.29 is 14.7 Å². The zero-order valence-corrected chi connectivity index (χ0v) is 13.1. The predicted octanol–water partition coefficient (Wildman–Crippen LogP) is 2.72. The molecule has 0 radical (unpaired) electrons. The van der Waals surface area contributed by atoms with E-state index < -0.39 is 12.0 Å². The maximum atomic E-state index is 11.9. The summed E-state index contributed by atoms with van der Waals surface area (Å²) in [6, 6.07) is 7.69. The van der Waals surface area contributed by atoms with E-state index >= 15 is 0 Å². The predicted molar refractivity (Wildman–Crippen MR) is 84.8 cm³/mol. The normalized spacial score (nSPS) is 11.9. The second kappa shape index (κ2) is 7.70. The van der Waals surface area contributed by atoms with Gasteiger partial charge >= 0.3 is 5.97 Å². The van der Waals surface area contributed by atoms with Crippen LogP contribution in [-0.4, -0.2) is 22.0 Å². The third kappa shape index (κ3) is 4.66. The number of amides is 1. The SMILES string of the molecule is Cc1csc(CCCC(=O)N[C@H](C(=O)O)c2ccccc2)n1. The van der Waals surface area contributed by atoms with E-state index in [1.165, 1.54) is 0 Å². The summed E-state index contributed by atoms with van der Waals surface area (Å²) < 4.78 is 0. The lowest BCUT2D eigenvalue weighted by Gasteiger charge is -2.14. The number of aliphatic carboxylic acids is 1. The van der Waals surface area contributed by atoms with Gasteiger partial charge in [-0.05, 0) is 25.3 Å². The molecule has 5 nitrogen and oxygen atoms in total. The van der Waals surface area contributed by atoms with E-state index in [0.29, 0.717) is 12.0 Å². The third-order valence-electron chi connectivity index (χ3n) is 3.15. The molecule has 0 spiro atoms. The number of carbonyl (C=O) groups excluding carboxylic acids is 1. The van der Waals surface area contributed by atoms with Gasteiger partial charge in [-0.2, -0.15) is 0 Å². The average Bonchev–Trinajstić information content (AvgIpc) is 2.91. The molecule has 0 fully saturated rings. The average molecular weight is 318 g/mol. The van der Waals surface area contributed by atoms with Gasteiger partial charge in [0.15, 0.2) is 6.04 Å². The number of carboxylic acids is 1. The highest BCUT2D eigenvalue weighted by Crippen LogP contribution is 2.14. The van der Waals surface area contributed by atoms with Gasteiger partial charge in [0.1, 0.15) is 0 Å². The van der Waals surface area contributed by atoms with Crippen molar-refractivity contribution in [2.24, 2.45) is 0 Å². The monoisotopic (exact) mass is 318 g/mol. The molecule has 0 saturated heterocycles. The highest BCUT2D eigenvalue weighted by Gasteiger charge is 2.21. The van der Waals surface area contributed by atoms with Crippen LogP contribution in [0, 0.1) is 6.92 Å². The van der Waals surface area contributed by atoms with Gasteiger partial charge in [-0.15, -0.1) is 11.3 Å². The number of carboxylic acid groups (broad SMARTS) is 1. The second-order valence-corrected chi connectivity index (χ2v) is 5.93. The van der Waals surface area contributed by atoms with Crippen LogP contribution >= 0.6 is 11.3 Å². The van der Waals surface area contributed by atoms with Gasteiger partial charge in [-0.1, -0.05) is 30.3 Å². The highest BCUT2D eigenvalue weighted by molar-refractivity contribution is 7.09. The first kappa shape index (κ1) is 16.2. The quantitative estimate of drug-likeness (QED) is 0.822. The Morgan fingerprint density at radius 2 is 2.05 bits per heavy atom. The summed E-state index contributed by atoms with van der Waals surface area (Å²) in [6.07, 6.45) is 1.67. The van der Waals surface area contributed by atoms with Gasteiger partial charge in [0.25, 0.3) is 0 Å². The largest absolute Gasteiger partial charge is 0.479 e. The van der Waals surface area contributed by atoms with E-state index in [4.69, 9.17) is 0 Å². The van der Waals surface area contributed by atoms with Crippen LogP contribution in [0.2, 0.25) is 0 Å². The van der Waals surface area contributed by atoms with Gasteiger partial charge in [0, 0.05) is 17.5 Å². The molecule has 0 bridgehead atoms. The van der Waals surface area contributed by atoms with Crippen LogP contribution in [0.5, 0.6) is 0 Å². The molecule has 0 aliphatic rings. The number of nitrogens with zero attached hydrogens (tertiary/aromatic N) is 1. The molecule has 1 aromatic heterocycles. The molecule has 2 aromatic rings. The molecule has 0 unspecified atom stereocenters. The van der Waals surface area contributed by atoms with Crippen LogP contribution in [0.3, 0.4) is 0 Å². The summed E-state index contributed by atoms with van der Waals surface area (Å²) in [6.45, 7) is 1.93. The minimum Gasteiger partial charge on any atom is -0.479 e. The molecule has 1 atom stereocenters. The van der Waals surface area contributed by atoms with Gasteiger partial charge in [-0.3, -0.25) is 4.79 Å². The Morgan fingerprint density at radius 3 is 2.64 bits per heavy atom. The molecule has 1 amide bonds. The zero-order valence-electron chi connectivity index (χ0n) is 12.3. The first-order chi connectivity index (χ1) is 10.6. The smallest absolute Gasteiger partial charge is 0.330 e. The number of hydrogen-bond donors (Lipinski definition) is 2. The van der Waals surface area contributed by atoms with Crippen molar-refractivity contribution in [1.82, 2.24) is 10.3 Å². The number of thiazole rings is 1. The molecule has 22 heavy (non-hydrogen) atoms. The lowest BCUT2D eigenvalue weighted by Crippen LogP contribution is -2.33. The van der Waals surface area contributed by atoms with Crippen molar-refractivity contribution in [2.75, 3.05) is 0 Å². The molecule has 0 aliphatic carbocycles. The number of carbonyl (C=O) groups is 2. The fraction of sp³-hybridized carbons (Fsp3) is 0.312. The topological polar surface area (TPSA) is 79.3 Å². The van der Waals surface area contributed by atoms with E-state index in [-0.39, 0.29) is 12.3 Å². The fourth-order valence-corrected chi connectivity index (χ4v) is 2.90. The van der Waals surface area contributed by atoms with Crippen LogP contribution in [0.15, 0.2) is 35.7 Å². The molecule has 116 valence electrons. The Hall–Kier alpha value is -2.21. The van der Waals surface area contributed by atoms with E-state index in [1.54, 1.807) is 41.7 Å². The maximum absolute atomic E-state index is 11.9. The van der Waals surface area contributed by atoms with Crippen molar-refractivity contribution in [3.05, 3.63) is 52.0 Å². The van der Waals surface area contributed by atoms with E-state index in [1.807, 2.05) is 12.3 Å². The summed E-state index contributed by atoms with van der Waals surface area (Å²) >= 11 is 1.58. The van der Waals surface area contributed by atoms with Gasteiger partial charge in [0.2, 0.25) is 5.91 Å². The molecule has 2 N–H and O–H groups in total. The van der Waals surface area contributed by atoms with Crippen molar-refractivity contribution in [1.29, 1.82) is 0 Å². The van der Waals surface area contributed by atoms with Gasteiger partial charge in [-0.25, -0.2) is 9.78 Å². The van der Waals surface area contributed by atoms with Crippen LogP contribution in [0.25, 0.3) is 0 Å². The number of nitrogens with one attached hydrogen (secondary N) is 1. The minimum absolute atomic E-state index is 0.260. The molecular formula is C16H18N2O3S. The lowest BCUT2D eigenvalue weighted by molar-refractivity contribution is -0.142. The first-order valence-electron chi connectivity index (χ1n) is 7.04. The molecule has 1 aromatic carbocycles. The van der Waals surface area contributed by atoms with Crippen molar-refractivity contribution >= 4 is 23.2 Å². The maximum Gasteiger partial charge on any atom is 0.330 e. The Labute approximate surface area is 133 Å². The van der Waals surface area contributed by atoms with E-state index in [9.17, 15) is 14.7 Å². The zero-order chi connectivity index (χ0) is 15.9. The number of rotatable bonds is 7. The molecule has 6 heteroatoms. The van der Waals surface area contributed by atoms with E-state index in [2.05, 4.69) is 10.3 Å². The number of aryl methyl sites for hydroxylation is 2. The summed E-state index contributed by atoms with van der Waals surface area (Å²) in [5.74, 6) is -1.32. The second-order valence-electron chi connectivity index (χ2n) is 4.99. The van der Waals surface area contributed by atoms with Gasteiger partial charge in [0.05, 0.1) is 5.01 Å². The minimum atomic E-state index is -1.06. The molecular weight excluding hydrogens is 300 g/mol. The molecule has 0 saturated carbocycles. The fourth-order valence-electron chi connectivity index (χ4n) is 2.08. The molecule has 0 aliphatic heterocycles. The number of benzene rings is 1. The van der Waals surface area contributed by atoms with E-state index in [0.717, 1.165) is 17.1 Å². The van der Waals surface area contributed by atoms with Crippen LogP contribution < -0.4 is 5.32 Å². The van der Waals surface area contributed by atoms with Crippen LogP contribution in [-0.2, 0) is 16.0 Å². The van der Waals surface area contributed by atoms with Crippen LogP contribution in [0.4, 0.5) is 0 Å². The number of hydrogen-bond acceptors (Lipinski definition) is 4. The highest BCUT2D eigenvalue weighted by atomic mass is 32.1. The summed E-state index contributed by atoms with van der Waals surface area (Å²) in [7, 11) is 0. The Morgan fingerprint density at radius 1 is 1.32 bits per heavy atom. The lowest BCUT2D eigenvalue weighted by atomic mass is 10.1. The third-order valence-corrected chi connectivity index (χ3v) is 4.17. The Kier molecular flexibility index (Phi) is 5.66. The Bertz CT molecular complexity index is 640. The molecule has 1 heterocycles. The molecule has 2 rings (SSSR count). The van der Waals surface area contributed by atoms with Crippen molar-refractivity contribution in [3.8, 4) is 0 Å². The van der Waals surface area contributed by atoms with Crippen molar-refractivity contribution in [2.45, 2.75) is 32.2 Å². The summed E-state index contributed by atoms with van der Waals surface area (Å²) in [4.78, 5) is 27.6. The Balaban J connectivity index is 1.85. The van der Waals surface area contributed by atoms with Crippen LogP contribution in [0.1, 0.15) is 35.1 Å².